The molecule has 4 heterocycles. The number of anilines is 1. The number of hydrogen-bond acceptors (Lipinski definition) is 7. The second kappa shape index (κ2) is 9.47. The number of carbonyl (C=O) groups is 1. The second-order valence-corrected chi connectivity index (χ2v) is 7.55. The molecule has 0 bridgehead atoms. The summed E-state index contributed by atoms with van der Waals surface area (Å²) in [5, 5.41) is 7.37. The van der Waals surface area contributed by atoms with Crippen molar-refractivity contribution in [1.82, 2.24) is 24.7 Å². The highest BCUT2D eigenvalue weighted by molar-refractivity contribution is 6.06. The third kappa shape index (κ3) is 4.98. The molecule has 0 saturated carbocycles. The lowest BCUT2D eigenvalue weighted by Gasteiger charge is -2.14. The maximum Gasteiger partial charge on any atom is 0.278 e. The minimum Gasteiger partial charge on any atom is -0.495 e. The van der Waals surface area contributed by atoms with Crippen molar-refractivity contribution in [2.24, 2.45) is 7.05 Å². The Morgan fingerprint density at radius 1 is 1.09 bits per heavy atom. The van der Waals surface area contributed by atoms with Gasteiger partial charge in [-0.05, 0) is 50.2 Å². The Hall–Kier alpha value is -4.27. The molecule has 4 aromatic rings. The Labute approximate surface area is 191 Å². The number of pyridine rings is 3. The number of ether oxygens (including phenoxy) is 2. The van der Waals surface area contributed by atoms with E-state index in [0.29, 0.717) is 34.3 Å². The van der Waals surface area contributed by atoms with Gasteiger partial charge in [0.15, 0.2) is 11.4 Å². The van der Waals surface area contributed by atoms with Crippen LogP contribution in [0.3, 0.4) is 0 Å². The molecule has 4 rings (SSSR count). The van der Waals surface area contributed by atoms with E-state index in [1.807, 2.05) is 32.0 Å². The van der Waals surface area contributed by atoms with Gasteiger partial charge in [-0.2, -0.15) is 5.10 Å². The van der Waals surface area contributed by atoms with Crippen LogP contribution in [0.2, 0.25) is 0 Å². The summed E-state index contributed by atoms with van der Waals surface area (Å²) in [7, 11) is 3.35. The van der Waals surface area contributed by atoms with Gasteiger partial charge in [-0.25, -0.2) is 4.98 Å². The predicted molar refractivity (Wildman–Crippen MR) is 124 cm³/mol. The molecule has 33 heavy (non-hydrogen) atoms. The molecular formula is C24H24N6O3. The van der Waals surface area contributed by atoms with Crippen LogP contribution in [0.25, 0.3) is 22.6 Å². The molecular weight excluding hydrogens is 420 g/mol. The Morgan fingerprint density at radius 2 is 1.91 bits per heavy atom. The highest BCUT2D eigenvalue weighted by Crippen LogP contribution is 2.28. The number of rotatable bonds is 7. The topological polar surface area (TPSA) is 104 Å². The summed E-state index contributed by atoms with van der Waals surface area (Å²) in [6.45, 7) is 3.79. The maximum atomic E-state index is 13.3. The lowest BCUT2D eigenvalue weighted by atomic mass is 10.1. The number of carbonyl (C=O) groups excluding carboxylic acids is 1. The van der Waals surface area contributed by atoms with Crippen LogP contribution in [-0.4, -0.2) is 43.9 Å². The van der Waals surface area contributed by atoms with Crippen LogP contribution in [-0.2, 0) is 7.05 Å². The molecule has 9 nitrogen and oxygen atoms in total. The fraction of sp³-hybridized carbons (Fsp3) is 0.208. The van der Waals surface area contributed by atoms with Crippen molar-refractivity contribution >= 4 is 11.6 Å². The van der Waals surface area contributed by atoms with E-state index in [4.69, 9.17) is 9.47 Å². The van der Waals surface area contributed by atoms with Crippen molar-refractivity contribution in [1.29, 1.82) is 0 Å². The Morgan fingerprint density at radius 3 is 2.58 bits per heavy atom. The molecule has 9 heteroatoms. The number of amides is 1. The fourth-order valence-electron chi connectivity index (χ4n) is 3.22. The minimum atomic E-state index is -0.417. The van der Waals surface area contributed by atoms with E-state index in [-0.39, 0.29) is 11.8 Å². The lowest BCUT2D eigenvalue weighted by Crippen LogP contribution is -2.18. The number of hydrogen-bond donors (Lipinski definition) is 1. The van der Waals surface area contributed by atoms with Gasteiger partial charge in [0.1, 0.15) is 11.4 Å². The lowest BCUT2D eigenvalue weighted by molar-refractivity contribution is 0.101. The van der Waals surface area contributed by atoms with E-state index < -0.39 is 5.91 Å². The quantitative estimate of drug-likeness (QED) is 0.460. The summed E-state index contributed by atoms with van der Waals surface area (Å²) in [5.41, 5.74) is 3.22. The first-order chi connectivity index (χ1) is 15.9. The van der Waals surface area contributed by atoms with E-state index in [1.165, 1.54) is 0 Å². The molecule has 0 saturated heterocycles. The maximum absolute atomic E-state index is 13.3. The molecule has 0 spiro atoms. The monoisotopic (exact) mass is 444 g/mol. The van der Waals surface area contributed by atoms with Gasteiger partial charge >= 0.3 is 0 Å². The highest BCUT2D eigenvalue weighted by atomic mass is 16.5. The summed E-state index contributed by atoms with van der Waals surface area (Å²) in [6, 6.07) is 10.8. The Balaban J connectivity index is 1.69. The van der Waals surface area contributed by atoms with Gasteiger partial charge in [0, 0.05) is 31.2 Å². The van der Waals surface area contributed by atoms with Gasteiger partial charge in [-0.3, -0.25) is 19.4 Å². The largest absolute Gasteiger partial charge is 0.495 e. The second-order valence-electron chi connectivity index (χ2n) is 7.55. The summed E-state index contributed by atoms with van der Waals surface area (Å²) in [6.07, 6.45) is 6.57. The van der Waals surface area contributed by atoms with Crippen molar-refractivity contribution in [3.63, 3.8) is 0 Å². The van der Waals surface area contributed by atoms with E-state index in [0.717, 1.165) is 5.56 Å². The molecule has 0 unspecified atom stereocenters. The average Bonchev–Trinajstić information content (AvgIpc) is 3.19. The van der Waals surface area contributed by atoms with E-state index in [9.17, 15) is 4.79 Å². The van der Waals surface area contributed by atoms with E-state index >= 15 is 0 Å². The van der Waals surface area contributed by atoms with Crippen molar-refractivity contribution in [3.05, 3.63) is 66.9 Å². The zero-order chi connectivity index (χ0) is 23.4. The van der Waals surface area contributed by atoms with E-state index in [2.05, 4.69) is 25.4 Å². The van der Waals surface area contributed by atoms with Crippen LogP contribution < -0.4 is 14.8 Å². The van der Waals surface area contributed by atoms with Gasteiger partial charge in [-0.15, -0.1) is 0 Å². The number of aromatic nitrogens is 5. The zero-order valence-corrected chi connectivity index (χ0v) is 18.8. The van der Waals surface area contributed by atoms with Crippen LogP contribution in [0.15, 0.2) is 61.2 Å². The van der Waals surface area contributed by atoms with Crippen LogP contribution in [0.1, 0.15) is 24.3 Å². The molecule has 1 amide bonds. The number of aryl methyl sites for hydroxylation is 1. The first-order valence-corrected chi connectivity index (χ1v) is 10.4. The molecule has 0 aliphatic heterocycles. The summed E-state index contributed by atoms with van der Waals surface area (Å²) < 4.78 is 12.6. The normalized spacial score (nSPS) is 10.8. The zero-order valence-electron chi connectivity index (χ0n) is 18.8. The average molecular weight is 444 g/mol. The minimum absolute atomic E-state index is 0.125. The molecule has 0 radical (unpaired) electrons. The molecule has 0 aromatic carbocycles. The SMILES string of the molecule is COc1ccc(-c2nn(C)cc2NC(=O)c2nc(-c3cccnc3)ccc2OC(C)C)nc1. The molecule has 1 N–H and O–H groups in total. The van der Waals surface area contributed by atoms with Crippen LogP contribution in [0.5, 0.6) is 11.5 Å². The molecule has 4 aromatic heterocycles. The van der Waals surface area contributed by atoms with Gasteiger partial charge < -0.3 is 14.8 Å². The standard InChI is InChI=1S/C24H24N6O3/c1-15(2)33-21-10-9-18(16-6-5-11-25-12-16)27-23(21)24(31)28-20-14-30(3)29-22(20)19-8-7-17(32-4)13-26-19/h5-15H,1-4H3,(H,28,31). The number of methoxy groups -OCH3 is 1. The number of nitrogens with zero attached hydrogens (tertiary/aromatic N) is 5. The molecule has 0 aliphatic carbocycles. The first kappa shape index (κ1) is 21.9. The van der Waals surface area contributed by atoms with Crippen molar-refractivity contribution in [2.45, 2.75) is 20.0 Å². The van der Waals surface area contributed by atoms with Gasteiger partial charge in [0.05, 0.1) is 36.5 Å². The van der Waals surface area contributed by atoms with Gasteiger partial charge in [0.25, 0.3) is 5.91 Å². The van der Waals surface area contributed by atoms with Crippen molar-refractivity contribution in [3.8, 4) is 34.1 Å². The van der Waals surface area contributed by atoms with Crippen molar-refractivity contribution in [2.75, 3.05) is 12.4 Å². The Kier molecular flexibility index (Phi) is 6.30. The van der Waals surface area contributed by atoms with Gasteiger partial charge in [0.2, 0.25) is 0 Å². The summed E-state index contributed by atoms with van der Waals surface area (Å²) >= 11 is 0. The molecule has 0 atom stereocenters. The van der Waals surface area contributed by atoms with Crippen LogP contribution >= 0.6 is 0 Å². The van der Waals surface area contributed by atoms with Crippen LogP contribution in [0.4, 0.5) is 5.69 Å². The first-order valence-electron chi connectivity index (χ1n) is 10.4. The number of nitrogens with one attached hydrogen (secondary N) is 1. The molecule has 0 fully saturated rings. The fourth-order valence-corrected chi connectivity index (χ4v) is 3.22. The summed E-state index contributed by atoms with van der Waals surface area (Å²) in [5.74, 6) is 0.606. The van der Waals surface area contributed by atoms with Crippen molar-refractivity contribution < 1.29 is 14.3 Å². The van der Waals surface area contributed by atoms with E-state index in [1.54, 1.807) is 61.8 Å². The van der Waals surface area contributed by atoms with Gasteiger partial charge in [-0.1, -0.05) is 0 Å². The smallest absolute Gasteiger partial charge is 0.278 e. The predicted octanol–water partition coefficient (Wildman–Crippen LogP) is 3.99. The molecule has 168 valence electrons. The summed E-state index contributed by atoms with van der Waals surface area (Å²) in [4.78, 5) is 26.5. The molecule has 0 aliphatic rings. The van der Waals surface area contributed by atoms with Crippen LogP contribution in [0, 0.1) is 0 Å². The highest BCUT2D eigenvalue weighted by Gasteiger charge is 2.21. The Bertz CT molecular complexity index is 1250. The third-order valence-corrected chi connectivity index (χ3v) is 4.68. The third-order valence-electron chi connectivity index (χ3n) is 4.68.